The molecule has 5 heteroatoms. The average molecular weight is 294 g/mol. The van der Waals surface area contributed by atoms with E-state index in [1.165, 1.54) is 0 Å². The van der Waals surface area contributed by atoms with E-state index in [1.54, 1.807) is 4.68 Å². The summed E-state index contributed by atoms with van der Waals surface area (Å²) in [5.41, 5.74) is 4.22. The minimum atomic E-state index is 0.159. The number of benzene rings is 1. The number of fused-ring (bicyclic) bond motifs is 1. The third-order valence-electron chi connectivity index (χ3n) is 3.91. The van der Waals surface area contributed by atoms with Crippen LogP contribution in [0.5, 0.6) is 0 Å². The lowest BCUT2D eigenvalue weighted by Gasteiger charge is -2.20. The van der Waals surface area contributed by atoms with Crippen molar-refractivity contribution >= 4 is 0 Å². The monoisotopic (exact) mass is 294 g/mol. The number of para-hydroxylation sites is 1. The summed E-state index contributed by atoms with van der Waals surface area (Å²) in [6.07, 6.45) is 2.58. The number of rotatable bonds is 3. The molecule has 1 N–H and O–H groups in total. The normalized spacial score (nSPS) is 13.5. The van der Waals surface area contributed by atoms with Crippen molar-refractivity contribution in [1.29, 1.82) is 10.7 Å². The van der Waals surface area contributed by atoms with Crippen LogP contribution in [0.15, 0.2) is 24.3 Å². The number of hydrogen-bond acceptors (Lipinski definition) is 4. The molecule has 1 aromatic heterocycles. The molecule has 0 radical (unpaired) electrons. The van der Waals surface area contributed by atoms with Gasteiger partial charge >= 0.3 is 0 Å². The Morgan fingerprint density at radius 2 is 2.23 bits per heavy atom. The third-order valence-corrected chi connectivity index (χ3v) is 3.91. The smallest absolute Gasteiger partial charge is 0.165 e. The predicted octanol–water partition coefficient (Wildman–Crippen LogP) is 2.25. The molecule has 0 fully saturated rings. The van der Waals surface area contributed by atoms with Gasteiger partial charge in [0.05, 0.1) is 24.6 Å². The van der Waals surface area contributed by atoms with Gasteiger partial charge in [-0.05, 0) is 24.5 Å². The van der Waals surface area contributed by atoms with Crippen molar-refractivity contribution < 1.29 is 4.74 Å². The van der Waals surface area contributed by atoms with Gasteiger partial charge < -0.3 is 4.74 Å². The van der Waals surface area contributed by atoms with Crippen molar-refractivity contribution in [1.82, 2.24) is 9.78 Å². The van der Waals surface area contributed by atoms with Crippen LogP contribution in [0.25, 0.3) is 5.69 Å². The average Bonchev–Trinajstić information content (AvgIpc) is 2.55. The standard InChI is InChI=1S/C17H18N4O/c1-2-5-12-6-3-4-7-16(12)21-17(19)14(10-18)13-8-9-22-11-15(13)20-21/h3-4,6-7,19H,2,5,8-9,11H2,1H3. The second-order valence-electron chi connectivity index (χ2n) is 5.35. The van der Waals surface area contributed by atoms with Gasteiger partial charge in [-0.2, -0.15) is 10.4 Å². The van der Waals surface area contributed by atoms with Crippen LogP contribution < -0.4 is 5.49 Å². The van der Waals surface area contributed by atoms with Gasteiger partial charge in [0.1, 0.15) is 11.6 Å². The van der Waals surface area contributed by atoms with E-state index in [-0.39, 0.29) is 5.49 Å². The van der Waals surface area contributed by atoms with Gasteiger partial charge in [0, 0.05) is 5.56 Å². The summed E-state index contributed by atoms with van der Waals surface area (Å²) in [6.45, 7) is 3.11. The van der Waals surface area contributed by atoms with Crippen LogP contribution in [0, 0.1) is 16.7 Å². The summed E-state index contributed by atoms with van der Waals surface area (Å²) in [7, 11) is 0. The van der Waals surface area contributed by atoms with Crippen molar-refractivity contribution in [2.24, 2.45) is 0 Å². The highest BCUT2D eigenvalue weighted by Crippen LogP contribution is 2.19. The summed E-state index contributed by atoms with van der Waals surface area (Å²) in [5.74, 6) is 0. The lowest BCUT2D eigenvalue weighted by atomic mass is 10.0. The Labute approximate surface area is 129 Å². The van der Waals surface area contributed by atoms with E-state index >= 15 is 0 Å². The van der Waals surface area contributed by atoms with Crippen molar-refractivity contribution in [3.63, 3.8) is 0 Å². The van der Waals surface area contributed by atoms with Gasteiger partial charge in [0.2, 0.25) is 0 Å². The number of hydrogen-bond donors (Lipinski definition) is 1. The number of ether oxygens (including phenoxy) is 1. The minimum Gasteiger partial charge on any atom is -0.375 e. The first-order valence-corrected chi connectivity index (χ1v) is 7.52. The number of nitrogens with one attached hydrogen (secondary N) is 1. The SMILES string of the molecule is CCCc1ccccc1-n1nc2c(c(C#N)c1=N)CCOC2. The predicted molar refractivity (Wildman–Crippen MR) is 81.5 cm³/mol. The summed E-state index contributed by atoms with van der Waals surface area (Å²) >= 11 is 0. The first kappa shape index (κ1) is 14.5. The molecule has 0 amide bonds. The first-order chi connectivity index (χ1) is 10.8. The largest absolute Gasteiger partial charge is 0.375 e. The lowest BCUT2D eigenvalue weighted by Crippen LogP contribution is -2.30. The quantitative estimate of drug-likeness (QED) is 0.943. The fourth-order valence-electron chi connectivity index (χ4n) is 2.85. The Hall–Kier alpha value is -2.45. The molecule has 3 rings (SSSR count). The molecule has 1 aliphatic rings. The molecule has 1 aliphatic heterocycles. The van der Waals surface area contributed by atoms with Crippen LogP contribution in [0.3, 0.4) is 0 Å². The molecule has 0 aliphatic carbocycles. The summed E-state index contributed by atoms with van der Waals surface area (Å²) in [5, 5.41) is 22.4. The Bertz CT molecular complexity index is 801. The highest BCUT2D eigenvalue weighted by Gasteiger charge is 2.20. The Balaban J connectivity index is 2.25. The van der Waals surface area contributed by atoms with E-state index in [1.807, 2.05) is 18.2 Å². The minimum absolute atomic E-state index is 0.159. The molecule has 5 nitrogen and oxygen atoms in total. The maximum Gasteiger partial charge on any atom is 0.165 e. The maximum atomic E-state index is 9.47. The zero-order valence-electron chi connectivity index (χ0n) is 12.6. The Morgan fingerprint density at radius 1 is 1.41 bits per heavy atom. The lowest BCUT2D eigenvalue weighted by molar-refractivity contribution is 0.105. The van der Waals surface area contributed by atoms with E-state index < -0.39 is 0 Å². The number of aryl methyl sites for hydroxylation is 1. The summed E-state index contributed by atoms with van der Waals surface area (Å²) in [6, 6.07) is 10.1. The molecule has 1 aromatic carbocycles. The fraction of sp³-hybridized carbons (Fsp3) is 0.353. The second kappa shape index (κ2) is 6.12. The number of nitrogens with zero attached hydrogens (tertiary/aromatic N) is 3. The molecule has 112 valence electrons. The molecule has 0 atom stereocenters. The Morgan fingerprint density at radius 3 is 3.00 bits per heavy atom. The van der Waals surface area contributed by atoms with Crippen LogP contribution in [0.1, 0.15) is 35.7 Å². The molecule has 0 bridgehead atoms. The van der Waals surface area contributed by atoms with Gasteiger partial charge in [0.25, 0.3) is 0 Å². The molecule has 2 heterocycles. The number of aromatic nitrogens is 2. The highest BCUT2D eigenvalue weighted by molar-refractivity contribution is 5.44. The molecule has 0 unspecified atom stereocenters. The van der Waals surface area contributed by atoms with E-state index in [0.29, 0.717) is 25.2 Å². The van der Waals surface area contributed by atoms with Crippen molar-refractivity contribution in [2.45, 2.75) is 32.8 Å². The molecule has 0 spiro atoms. The molecule has 2 aromatic rings. The van der Waals surface area contributed by atoms with E-state index in [9.17, 15) is 5.26 Å². The fourth-order valence-corrected chi connectivity index (χ4v) is 2.85. The molecular weight excluding hydrogens is 276 g/mol. The van der Waals surface area contributed by atoms with Gasteiger partial charge in [-0.1, -0.05) is 31.5 Å². The van der Waals surface area contributed by atoms with Gasteiger partial charge in [0.15, 0.2) is 5.49 Å². The molecule has 22 heavy (non-hydrogen) atoms. The molecule has 0 saturated heterocycles. The third kappa shape index (κ3) is 2.42. The van der Waals surface area contributed by atoms with Crippen LogP contribution in [-0.4, -0.2) is 16.4 Å². The molecule has 0 saturated carbocycles. The maximum absolute atomic E-state index is 9.47. The molecular formula is C17H18N4O. The van der Waals surface area contributed by atoms with Gasteiger partial charge in [-0.15, -0.1) is 0 Å². The van der Waals surface area contributed by atoms with Crippen LogP contribution in [-0.2, 0) is 24.2 Å². The Kier molecular flexibility index (Phi) is 4.03. The van der Waals surface area contributed by atoms with E-state index in [2.05, 4.69) is 24.2 Å². The van der Waals surface area contributed by atoms with Crippen molar-refractivity contribution in [2.75, 3.05) is 6.61 Å². The summed E-state index contributed by atoms with van der Waals surface area (Å²) in [4.78, 5) is 0. The van der Waals surface area contributed by atoms with Crippen molar-refractivity contribution in [3.8, 4) is 11.8 Å². The zero-order chi connectivity index (χ0) is 15.5. The van der Waals surface area contributed by atoms with Crippen LogP contribution in [0.2, 0.25) is 0 Å². The van der Waals surface area contributed by atoms with E-state index in [4.69, 9.17) is 10.1 Å². The number of nitriles is 1. The van der Waals surface area contributed by atoms with Crippen LogP contribution in [0.4, 0.5) is 0 Å². The van der Waals surface area contributed by atoms with Gasteiger partial charge in [-0.25, -0.2) is 4.68 Å². The zero-order valence-corrected chi connectivity index (χ0v) is 12.6. The van der Waals surface area contributed by atoms with E-state index in [0.717, 1.165) is 35.3 Å². The first-order valence-electron chi connectivity index (χ1n) is 7.52. The summed E-state index contributed by atoms with van der Waals surface area (Å²) < 4.78 is 7.04. The second-order valence-corrected chi connectivity index (χ2v) is 5.35. The van der Waals surface area contributed by atoms with Gasteiger partial charge in [-0.3, -0.25) is 5.41 Å². The highest BCUT2D eigenvalue weighted by atomic mass is 16.5. The van der Waals surface area contributed by atoms with Crippen molar-refractivity contribution in [3.05, 3.63) is 52.1 Å². The topological polar surface area (TPSA) is 74.7 Å². The van der Waals surface area contributed by atoms with Crippen LogP contribution >= 0.6 is 0 Å².